The summed E-state index contributed by atoms with van der Waals surface area (Å²) in [7, 11) is 1.20. The highest BCUT2D eigenvalue weighted by molar-refractivity contribution is 5.39. The summed E-state index contributed by atoms with van der Waals surface area (Å²) in [5.41, 5.74) is 0. The quantitative estimate of drug-likeness (QED) is 0.356. The van der Waals surface area contributed by atoms with E-state index < -0.39 is 18.7 Å². The van der Waals surface area contributed by atoms with E-state index in [1.807, 2.05) is 0 Å². The van der Waals surface area contributed by atoms with Crippen LogP contribution in [0.1, 0.15) is 0 Å². The fraction of sp³-hybridized carbons (Fsp3) is 0.667. The fourth-order valence-electron chi connectivity index (χ4n) is 0.613. The highest BCUT2D eigenvalue weighted by Crippen LogP contribution is 2.12. The lowest BCUT2D eigenvalue weighted by atomic mass is 10.3. The Morgan fingerprint density at radius 3 is 2.46 bits per heavy atom. The zero-order chi connectivity index (χ0) is 10.3. The molecule has 0 aromatic carbocycles. The van der Waals surface area contributed by atoms with E-state index in [0.717, 1.165) is 0 Å². The number of hydrogen-bond donors (Lipinski definition) is 2. The summed E-state index contributed by atoms with van der Waals surface area (Å²) in [6.07, 6.45) is -1.99. The van der Waals surface area contributed by atoms with Crippen molar-refractivity contribution >= 4 is 12.9 Å². The zero-order valence-corrected chi connectivity index (χ0v) is 6.87. The lowest BCUT2D eigenvalue weighted by Gasteiger charge is -2.27. The third-order valence-electron chi connectivity index (χ3n) is 1.17. The molecule has 7 nitrogen and oxygen atoms in total. The molecule has 0 aliphatic carbocycles. The molecule has 0 spiro atoms. The van der Waals surface area contributed by atoms with Crippen LogP contribution < -0.4 is 0 Å². The highest BCUT2D eigenvalue weighted by atomic mass is 16.7. The Bertz CT molecular complexity index is 170. The Morgan fingerprint density at radius 1 is 1.46 bits per heavy atom. The van der Waals surface area contributed by atoms with Gasteiger partial charge in [-0.05, 0) is 0 Å². The average Bonchev–Trinajstić information content (AvgIpc) is 2.05. The second-order valence-electron chi connectivity index (χ2n) is 2.08. The molecule has 0 aliphatic heterocycles. The van der Waals surface area contributed by atoms with E-state index >= 15 is 0 Å². The van der Waals surface area contributed by atoms with Gasteiger partial charge in [0.15, 0.2) is 0 Å². The van der Waals surface area contributed by atoms with Crippen molar-refractivity contribution in [3.63, 3.8) is 0 Å². The van der Waals surface area contributed by atoms with E-state index in [2.05, 4.69) is 14.2 Å². The van der Waals surface area contributed by atoms with Crippen LogP contribution >= 0.6 is 0 Å². The molecule has 76 valence electrons. The summed E-state index contributed by atoms with van der Waals surface area (Å²) in [5, 5.41) is 18.3. The van der Waals surface area contributed by atoms with Gasteiger partial charge < -0.3 is 24.4 Å². The van der Waals surface area contributed by atoms with E-state index in [1.54, 1.807) is 0 Å². The Kier molecular flexibility index (Phi) is 4.97. The fourth-order valence-corrected chi connectivity index (χ4v) is 0.613. The van der Waals surface area contributed by atoms with Crippen molar-refractivity contribution in [2.45, 2.75) is 12.1 Å². The van der Waals surface area contributed by atoms with Gasteiger partial charge in [-0.15, -0.1) is 0 Å². The summed E-state index contributed by atoms with van der Waals surface area (Å²) >= 11 is 0. The number of aliphatic hydroxyl groups excluding tert-OH is 1. The molecule has 7 heteroatoms. The standard InChI is InChI=1S/C6H10O7/c1-11-2-6(10,13-4-8)5(9)12-3-7/h3-5,9-10H,2H2,1H3. The van der Waals surface area contributed by atoms with Gasteiger partial charge in [0.1, 0.15) is 6.61 Å². The first-order valence-corrected chi connectivity index (χ1v) is 3.20. The number of rotatable bonds is 7. The van der Waals surface area contributed by atoms with Crippen LogP contribution in [0.25, 0.3) is 0 Å². The first-order chi connectivity index (χ1) is 6.10. The summed E-state index contributed by atoms with van der Waals surface area (Å²) in [6.45, 7) is -0.726. The van der Waals surface area contributed by atoms with Crippen LogP contribution in [0.2, 0.25) is 0 Å². The van der Waals surface area contributed by atoms with E-state index in [1.165, 1.54) is 7.11 Å². The van der Waals surface area contributed by atoms with Crippen molar-refractivity contribution in [3.05, 3.63) is 0 Å². The summed E-state index contributed by atoms with van der Waals surface area (Å²) < 4.78 is 12.5. The number of hydrogen-bond acceptors (Lipinski definition) is 7. The molecule has 2 atom stereocenters. The maximum absolute atomic E-state index is 9.91. The second-order valence-corrected chi connectivity index (χ2v) is 2.08. The number of carbonyl (C=O) groups is 2. The lowest BCUT2D eigenvalue weighted by molar-refractivity contribution is -0.307. The molecule has 2 N–H and O–H groups in total. The molecule has 0 aromatic heterocycles. The Morgan fingerprint density at radius 2 is 2.08 bits per heavy atom. The van der Waals surface area contributed by atoms with Gasteiger partial charge >= 0.3 is 0 Å². The van der Waals surface area contributed by atoms with Crippen molar-refractivity contribution in [2.24, 2.45) is 0 Å². The molecular formula is C6H10O7. The van der Waals surface area contributed by atoms with Crippen LogP contribution in [0.15, 0.2) is 0 Å². The first-order valence-electron chi connectivity index (χ1n) is 3.20. The Labute approximate surface area is 73.8 Å². The molecule has 0 heterocycles. The topological polar surface area (TPSA) is 102 Å². The molecule has 0 aromatic rings. The van der Waals surface area contributed by atoms with Gasteiger partial charge in [-0.25, -0.2) is 0 Å². The van der Waals surface area contributed by atoms with E-state index in [4.69, 9.17) is 5.11 Å². The lowest BCUT2D eigenvalue weighted by Crippen LogP contribution is -2.49. The maximum atomic E-state index is 9.91. The van der Waals surface area contributed by atoms with E-state index in [-0.39, 0.29) is 12.9 Å². The third-order valence-corrected chi connectivity index (χ3v) is 1.17. The van der Waals surface area contributed by atoms with Crippen molar-refractivity contribution < 1.29 is 34.0 Å². The molecule has 13 heavy (non-hydrogen) atoms. The van der Waals surface area contributed by atoms with Crippen molar-refractivity contribution in [3.8, 4) is 0 Å². The monoisotopic (exact) mass is 194 g/mol. The van der Waals surface area contributed by atoms with Gasteiger partial charge in [0.05, 0.1) is 0 Å². The van der Waals surface area contributed by atoms with Crippen LogP contribution in [0.5, 0.6) is 0 Å². The molecule has 0 aliphatic rings. The second kappa shape index (κ2) is 5.46. The third kappa shape index (κ3) is 3.36. The average molecular weight is 194 g/mol. The number of ether oxygens (including phenoxy) is 3. The summed E-state index contributed by atoms with van der Waals surface area (Å²) in [5.74, 6) is -2.38. The minimum absolute atomic E-state index is 0.0978. The molecule has 0 bridgehead atoms. The molecule has 0 fully saturated rings. The van der Waals surface area contributed by atoms with Gasteiger partial charge in [-0.2, -0.15) is 0 Å². The van der Waals surface area contributed by atoms with Gasteiger partial charge in [-0.3, -0.25) is 9.59 Å². The normalized spacial score (nSPS) is 16.8. The zero-order valence-electron chi connectivity index (χ0n) is 6.87. The van der Waals surface area contributed by atoms with E-state index in [9.17, 15) is 14.7 Å². The number of methoxy groups -OCH3 is 1. The molecule has 2 unspecified atom stereocenters. The van der Waals surface area contributed by atoms with Gasteiger partial charge in [0.2, 0.25) is 0 Å². The summed E-state index contributed by atoms with van der Waals surface area (Å²) in [4.78, 5) is 19.7. The van der Waals surface area contributed by atoms with Crippen molar-refractivity contribution in [1.82, 2.24) is 0 Å². The molecular weight excluding hydrogens is 184 g/mol. The Hall–Kier alpha value is -1.18. The van der Waals surface area contributed by atoms with Crippen LogP contribution in [0.3, 0.4) is 0 Å². The van der Waals surface area contributed by atoms with Crippen molar-refractivity contribution in [1.29, 1.82) is 0 Å². The first kappa shape index (κ1) is 11.8. The van der Waals surface area contributed by atoms with Crippen LogP contribution in [0, 0.1) is 0 Å². The van der Waals surface area contributed by atoms with Crippen LogP contribution in [-0.2, 0) is 23.8 Å². The molecule has 0 saturated carbocycles. The smallest absolute Gasteiger partial charge is 0.297 e. The van der Waals surface area contributed by atoms with Gasteiger partial charge in [-0.1, -0.05) is 0 Å². The molecule has 0 radical (unpaired) electrons. The maximum Gasteiger partial charge on any atom is 0.297 e. The Balaban J connectivity index is 4.34. The largest absolute Gasteiger partial charge is 0.431 e. The molecule has 0 saturated heterocycles. The van der Waals surface area contributed by atoms with Crippen LogP contribution in [-0.4, -0.2) is 49.0 Å². The SMILES string of the molecule is COCC(O)(OC=O)C(O)OC=O. The number of aliphatic hydroxyl groups is 2. The van der Waals surface area contributed by atoms with Crippen LogP contribution in [0.4, 0.5) is 0 Å². The molecule has 0 rings (SSSR count). The van der Waals surface area contributed by atoms with E-state index in [0.29, 0.717) is 0 Å². The van der Waals surface area contributed by atoms with Gasteiger partial charge in [0.25, 0.3) is 25.0 Å². The highest BCUT2D eigenvalue weighted by Gasteiger charge is 2.40. The predicted molar refractivity (Wildman–Crippen MR) is 37.1 cm³/mol. The predicted octanol–water partition coefficient (Wildman–Crippen LogP) is -2.01. The van der Waals surface area contributed by atoms with Crippen molar-refractivity contribution in [2.75, 3.05) is 13.7 Å². The minimum Gasteiger partial charge on any atom is -0.431 e. The van der Waals surface area contributed by atoms with Gasteiger partial charge in [0, 0.05) is 7.11 Å². The minimum atomic E-state index is -2.38. The molecule has 0 amide bonds. The summed E-state index contributed by atoms with van der Waals surface area (Å²) in [6, 6.07) is 0. The number of carbonyl (C=O) groups excluding carboxylic acids is 2.